The van der Waals surface area contributed by atoms with Crippen LogP contribution in [-0.2, 0) is 10.0 Å². The molecule has 5 nitrogen and oxygen atoms in total. The maximum Gasteiger partial charge on any atom is 0.262 e. The first-order valence-corrected chi connectivity index (χ1v) is 9.16. The Morgan fingerprint density at radius 2 is 1.96 bits per heavy atom. The van der Waals surface area contributed by atoms with Crippen molar-refractivity contribution in [3.05, 3.63) is 53.3 Å². The van der Waals surface area contributed by atoms with E-state index in [2.05, 4.69) is 14.7 Å². The second kappa shape index (κ2) is 5.25. The molecule has 1 aromatic heterocycles. The molecule has 0 atom stereocenters. The Morgan fingerprint density at radius 3 is 2.70 bits per heavy atom. The fourth-order valence-electron chi connectivity index (χ4n) is 2.47. The number of para-hydroxylation sites is 1. The first-order chi connectivity index (χ1) is 11.0. The zero-order valence-electron chi connectivity index (χ0n) is 12.1. The summed E-state index contributed by atoms with van der Waals surface area (Å²) in [4.78, 5) is 7.90. The Balaban J connectivity index is 1.70. The number of benzene rings is 2. The van der Waals surface area contributed by atoms with Gasteiger partial charge in [0.2, 0.25) is 0 Å². The van der Waals surface area contributed by atoms with Crippen LogP contribution in [0.25, 0.3) is 11.0 Å². The average Bonchev–Trinajstić information content (AvgIpc) is 3.28. The molecule has 1 fully saturated rings. The van der Waals surface area contributed by atoms with E-state index < -0.39 is 10.0 Å². The number of nitrogens with zero attached hydrogens (tertiary/aromatic N) is 1. The van der Waals surface area contributed by atoms with Crippen LogP contribution >= 0.6 is 11.6 Å². The van der Waals surface area contributed by atoms with Gasteiger partial charge in [0.25, 0.3) is 10.0 Å². The highest BCUT2D eigenvalue weighted by Gasteiger charge is 2.27. The van der Waals surface area contributed by atoms with Crippen LogP contribution < -0.4 is 4.72 Å². The maximum atomic E-state index is 12.5. The van der Waals surface area contributed by atoms with Crippen LogP contribution in [0, 0.1) is 0 Å². The molecule has 118 valence electrons. The number of hydrogen-bond acceptors (Lipinski definition) is 3. The summed E-state index contributed by atoms with van der Waals surface area (Å²) < 4.78 is 27.6. The summed E-state index contributed by atoms with van der Waals surface area (Å²) >= 11 is 6.01. The molecule has 0 unspecified atom stereocenters. The molecule has 0 amide bonds. The highest BCUT2D eigenvalue weighted by molar-refractivity contribution is 7.92. The predicted molar refractivity (Wildman–Crippen MR) is 90.3 cm³/mol. The van der Waals surface area contributed by atoms with Gasteiger partial charge in [-0.1, -0.05) is 23.7 Å². The summed E-state index contributed by atoms with van der Waals surface area (Å²) in [5.74, 6) is 1.43. The molecular weight excluding hydrogens is 334 g/mol. The molecule has 0 saturated heterocycles. The summed E-state index contributed by atoms with van der Waals surface area (Å²) in [7, 11) is -3.70. The summed E-state index contributed by atoms with van der Waals surface area (Å²) in [6, 6.07) is 11.6. The Hall–Kier alpha value is -2.05. The van der Waals surface area contributed by atoms with E-state index in [-0.39, 0.29) is 4.90 Å². The quantitative estimate of drug-likeness (QED) is 0.751. The molecule has 2 N–H and O–H groups in total. The van der Waals surface area contributed by atoms with E-state index in [0.717, 1.165) is 29.7 Å². The first-order valence-electron chi connectivity index (χ1n) is 7.30. The zero-order chi connectivity index (χ0) is 16.0. The van der Waals surface area contributed by atoms with Gasteiger partial charge in [-0.05, 0) is 43.2 Å². The fraction of sp³-hybridized carbons (Fsp3) is 0.188. The lowest BCUT2D eigenvalue weighted by Crippen LogP contribution is -2.13. The predicted octanol–water partition coefficient (Wildman–Crippen LogP) is 3.89. The number of nitrogens with one attached hydrogen (secondary N) is 2. The number of aromatic amines is 1. The van der Waals surface area contributed by atoms with Crippen LogP contribution in [0.1, 0.15) is 24.6 Å². The van der Waals surface area contributed by atoms with Crippen molar-refractivity contribution in [3.63, 3.8) is 0 Å². The van der Waals surface area contributed by atoms with Crippen molar-refractivity contribution in [2.24, 2.45) is 0 Å². The van der Waals surface area contributed by atoms with E-state index in [1.54, 1.807) is 42.5 Å². The lowest BCUT2D eigenvalue weighted by Gasteiger charge is -2.09. The zero-order valence-corrected chi connectivity index (χ0v) is 13.7. The highest BCUT2D eigenvalue weighted by atomic mass is 35.5. The fourth-order valence-corrected chi connectivity index (χ4v) is 3.82. The molecule has 0 radical (unpaired) electrons. The maximum absolute atomic E-state index is 12.5. The van der Waals surface area contributed by atoms with Crippen LogP contribution in [-0.4, -0.2) is 18.4 Å². The molecule has 1 aliphatic carbocycles. The minimum atomic E-state index is -3.70. The van der Waals surface area contributed by atoms with Crippen molar-refractivity contribution in [1.29, 1.82) is 0 Å². The molecule has 4 rings (SSSR count). The van der Waals surface area contributed by atoms with E-state index in [9.17, 15) is 8.42 Å². The van der Waals surface area contributed by atoms with Crippen molar-refractivity contribution < 1.29 is 8.42 Å². The van der Waals surface area contributed by atoms with Crippen molar-refractivity contribution in [1.82, 2.24) is 9.97 Å². The average molecular weight is 348 g/mol. The van der Waals surface area contributed by atoms with Crippen molar-refractivity contribution in [3.8, 4) is 0 Å². The third-order valence-corrected chi connectivity index (χ3v) is 5.56. The normalized spacial score (nSPS) is 15.0. The van der Waals surface area contributed by atoms with Crippen LogP contribution in [0.15, 0.2) is 47.4 Å². The van der Waals surface area contributed by atoms with Gasteiger partial charge in [0.05, 0.1) is 26.6 Å². The third kappa shape index (κ3) is 2.80. The lowest BCUT2D eigenvalue weighted by molar-refractivity contribution is 0.601. The van der Waals surface area contributed by atoms with Gasteiger partial charge in [-0.25, -0.2) is 13.4 Å². The van der Waals surface area contributed by atoms with Crippen molar-refractivity contribution >= 4 is 38.3 Å². The van der Waals surface area contributed by atoms with Gasteiger partial charge < -0.3 is 4.98 Å². The smallest absolute Gasteiger partial charge is 0.262 e. The molecule has 1 aliphatic rings. The van der Waals surface area contributed by atoms with Gasteiger partial charge in [-0.3, -0.25) is 4.72 Å². The van der Waals surface area contributed by atoms with Crippen molar-refractivity contribution in [2.75, 3.05) is 4.72 Å². The van der Waals surface area contributed by atoms with Gasteiger partial charge in [-0.2, -0.15) is 0 Å². The molecule has 1 heterocycles. The number of aromatic nitrogens is 2. The Kier molecular flexibility index (Phi) is 3.32. The summed E-state index contributed by atoms with van der Waals surface area (Å²) in [6.45, 7) is 0. The summed E-state index contributed by atoms with van der Waals surface area (Å²) in [5, 5.41) is 0.356. The van der Waals surface area contributed by atoms with E-state index >= 15 is 0 Å². The Morgan fingerprint density at radius 1 is 1.17 bits per heavy atom. The first kappa shape index (κ1) is 14.5. The van der Waals surface area contributed by atoms with Crippen LogP contribution in [0.2, 0.25) is 5.02 Å². The molecule has 3 aromatic rings. The monoisotopic (exact) mass is 347 g/mol. The summed E-state index contributed by atoms with van der Waals surface area (Å²) in [5.41, 5.74) is 1.87. The van der Waals surface area contributed by atoms with Gasteiger partial charge in [0, 0.05) is 5.92 Å². The second-order valence-electron chi connectivity index (χ2n) is 5.66. The largest absolute Gasteiger partial charge is 0.342 e. The highest BCUT2D eigenvalue weighted by Crippen LogP contribution is 2.39. The van der Waals surface area contributed by atoms with E-state index in [1.165, 1.54) is 0 Å². The molecule has 7 heteroatoms. The van der Waals surface area contributed by atoms with Gasteiger partial charge in [0.1, 0.15) is 5.82 Å². The standard InChI is InChI=1S/C16H14ClN3O2S/c17-12-3-1-2-4-13(12)20-23(21,22)11-7-8-14-15(9-11)19-16(18-14)10-5-6-10/h1-4,7-10,20H,5-6H2,(H,18,19). The number of imidazole rings is 1. The van der Waals surface area contributed by atoms with Gasteiger partial charge in [0.15, 0.2) is 0 Å². The number of hydrogen-bond donors (Lipinski definition) is 2. The van der Waals surface area contributed by atoms with Crippen molar-refractivity contribution in [2.45, 2.75) is 23.7 Å². The van der Waals surface area contributed by atoms with Gasteiger partial charge >= 0.3 is 0 Å². The molecule has 1 saturated carbocycles. The van der Waals surface area contributed by atoms with E-state index in [0.29, 0.717) is 16.6 Å². The Bertz CT molecular complexity index is 993. The number of anilines is 1. The minimum absolute atomic E-state index is 0.177. The molecule has 0 aliphatic heterocycles. The van der Waals surface area contributed by atoms with Gasteiger partial charge in [-0.15, -0.1) is 0 Å². The van der Waals surface area contributed by atoms with Crippen LogP contribution in [0.4, 0.5) is 5.69 Å². The molecular formula is C16H14ClN3O2S. The number of fused-ring (bicyclic) bond motifs is 1. The second-order valence-corrected chi connectivity index (χ2v) is 7.75. The molecule has 2 aromatic carbocycles. The lowest BCUT2D eigenvalue weighted by atomic mass is 10.3. The number of H-pyrrole nitrogens is 1. The number of sulfonamides is 1. The Labute approximate surface area is 138 Å². The van der Waals surface area contributed by atoms with E-state index in [1.807, 2.05) is 0 Å². The molecule has 0 spiro atoms. The van der Waals surface area contributed by atoms with Crippen LogP contribution in [0.3, 0.4) is 0 Å². The molecule has 23 heavy (non-hydrogen) atoms. The number of halogens is 1. The minimum Gasteiger partial charge on any atom is -0.342 e. The summed E-state index contributed by atoms with van der Waals surface area (Å²) in [6.07, 6.45) is 2.28. The number of rotatable bonds is 4. The molecule has 0 bridgehead atoms. The SMILES string of the molecule is O=S(=O)(Nc1ccccc1Cl)c1ccc2nc(C3CC3)[nH]c2c1. The topological polar surface area (TPSA) is 74.8 Å². The van der Waals surface area contributed by atoms with Crippen LogP contribution in [0.5, 0.6) is 0 Å². The van der Waals surface area contributed by atoms with E-state index in [4.69, 9.17) is 11.6 Å². The third-order valence-electron chi connectivity index (χ3n) is 3.86.